The molecule has 0 amide bonds. The number of hydrogen-bond donors (Lipinski definition) is 2. The Bertz CT molecular complexity index is 829. The average Bonchev–Trinajstić information content (AvgIpc) is 2.80. The first-order valence-electron chi connectivity index (χ1n) is 5.28. The van der Waals surface area contributed by atoms with Crippen molar-refractivity contribution in [3.63, 3.8) is 0 Å². The SMILES string of the molecule is Cc1cc(NS(=O)(=O)c2ccn[nH]2)ccc1S(=O)(=O)Cl. The van der Waals surface area contributed by atoms with Crippen LogP contribution in [0.4, 0.5) is 5.69 Å². The molecule has 2 N–H and O–H groups in total. The Kier molecular flexibility index (Phi) is 3.76. The number of benzene rings is 1. The van der Waals surface area contributed by atoms with E-state index < -0.39 is 19.1 Å². The van der Waals surface area contributed by atoms with Crippen molar-refractivity contribution in [3.8, 4) is 0 Å². The highest BCUT2D eigenvalue weighted by Gasteiger charge is 2.18. The van der Waals surface area contributed by atoms with Gasteiger partial charge < -0.3 is 0 Å². The lowest BCUT2D eigenvalue weighted by Crippen LogP contribution is -2.13. The largest absolute Gasteiger partial charge is 0.278 e. The van der Waals surface area contributed by atoms with Crippen molar-refractivity contribution in [1.29, 1.82) is 0 Å². The summed E-state index contributed by atoms with van der Waals surface area (Å²) in [4.78, 5) is -0.0661. The fraction of sp³-hybridized carbons (Fsp3) is 0.100. The van der Waals surface area contributed by atoms with E-state index in [1.807, 2.05) is 0 Å². The van der Waals surface area contributed by atoms with Crippen LogP contribution in [0, 0.1) is 6.92 Å². The molecule has 20 heavy (non-hydrogen) atoms. The molecule has 0 aliphatic heterocycles. The molecule has 0 aliphatic rings. The molecule has 2 aromatic rings. The fourth-order valence-electron chi connectivity index (χ4n) is 1.59. The van der Waals surface area contributed by atoms with Crippen LogP contribution in [0.2, 0.25) is 0 Å². The van der Waals surface area contributed by atoms with Gasteiger partial charge in [-0.2, -0.15) is 13.5 Å². The van der Waals surface area contributed by atoms with Crippen LogP contribution in [0.3, 0.4) is 0 Å². The van der Waals surface area contributed by atoms with Gasteiger partial charge in [-0.05, 0) is 36.8 Å². The zero-order valence-electron chi connectivity index (χ0n) is 10.2. The normalized spacial score (nSPS) is 12.3. The second-order valence-corrected chi connectivity index (χ2v) is 8.13. The minimum Gasteiger partial charge on any atom is -0.278 e. The Labute approximate surface area is 120 Å². The van der Waals surface area contributed by atoms with Crippen molar-refractivity contribution >= 4 is 35.4 Å². The van der Waals surface area contributed by atoms with E-state index in [4.69, 9.17) is 10.7 Å². The van der Waals surface area contributed by atoms with Gasteiger partial charge in [-0.15, -0.1) is 0 Å². The molecule has 7 nitrogen and oxygen atoms in total. The maximum atomic E-state index is 11.9. The summed E-state index contributed by atoms with van der Waals surface area (Å²) in [6.45, 7) is 1.52. The van der Waals surface area contributed by atoms with Gasteiger partial charge in [-0.1, -0.05) is 0 Å². The number of aromatic amines is 1. The van der Waals surface area contributed by atoms with Gasteiger partial charge >= 0.3 is 0 Å². The standard InChI is InChI=1S/C10H10ClN3O4S2/c1-7-6-8(2-3-9(7)19(11,15)16)14-20(17,18)10-4-5-12-13-10/h2-6,14H,1H3,(H,12,13). The molecule has 1 heterocycles. The van der Waals surface area contributed by atoms with Gasteiger partial charge in [0, 0.05) is 16.4 Å². The summed E-state index contributed by atoms with van der Waals surface area (Å²) in [5.74, 6) is 0. The minimum absolute atomic E-state index is 0.0661. The lowest BCUT2D eigenvalue weighted by molar-refractivity contribution is 0.597. The summed E-state index contributed by atoms with van der Waals surface area (Å²) in [6.07, 6.45) is 1.31. The molecule has 0 fully saturated rings. The van der Waals surface area contributed by atoms with Crippen LogP contribution in [0.15, 0.2) is 40.4 Å². The highest BCUT2D eigenvalue weighted by molar-refractivity contribution is 8.13. The molecular formula is C10H10ClN3O4S2. The Morgan fingerprint density at radius 3 is 2.40 bits per heavy atom. The van der Waals surface area contributed by atoms with E-state index in [1.165, 1.54) is 37.4 Å². The monoisotopic (exact) mass is 335 g/mol. The highest BCUT2D eigenvalue weighted by atomic mass is 35.7. The van der Waals surface area contributed by atoms with Crippen molar-refractivity contribution in [2.24, 2.45) is 0 Å². The van der Waals surface area contributed by atoms with E-state index in [0.29, 0.717) is 5.56 Å². The molecule has 108 valence electrons. The molecule has 1 aromatic heterocycles. The predicted octanol–water partition coefficient (Wildman–Crippen LogP) is 1.45. The van der Waals surface area contributed by atoms with Crippen LogP contribution in [0.1, 0.15) is 5.56 Å². The second-order valence-electron chi connectivity index (χ2n) is 3.94. The Hall–Kier alpha value is -1.58. The molecule has 10 heteroatoms. The van der Waals surface area contributed by atoms with Gasteiger partial charge in [0.1, 0.15) is 0 Å². The average molecular weight is 336 g/mol. The first-order valence-corrected chi connectivity index (χ1v) is 9.07. The fourth-order valence-corrected chi connectivity index (χ4v) is 3.74. The van der Waals surface area contributed by atoms with Crippen molar-refractivity contribution < 1.29 is 16.8 Å². The van der Waals surface area contributed by atoms with Crippen molar-refractivity contribution in [2.75, 3.05) is 4.72 Å². The lowest BCUT2D eigenvalue weighted by atomic mass is 10.2. The van der Waals surface area contributed by atoms with Crippen molar-refractivity contribution in [3.05, 3.63) is 36.0 Å². The molecule has 0 radical (unpaired) electrons. The highest BCUT2D eigenvalue weighted by Crippen LogP contribution is 2.24. The van der Waals surface area contributed by atoms with Gasteiger partial charge in [0.2, 0.25) is 0 Å². The number of aryl methyl sites for hydroxylation is 1. The summed E-state index contributed by atoms with van der Waals surface area (Å²) in [7, 11) is -2.39. The number of nitrogens with zero attached hydrogens (tertiary/aromatic N) is 1. The van der Waals surface area contributed by atoms with Gasteiger partial charge in [-0.25, -0.2) is 8.42 Å². The number of H-pyrrole nitrogens is 1. The zero-order chi connectivity index (χ0) is 15.0. The summed E-state index contributed by atoms with van der Waals surface area (Å²) in [5, 5.41) is 5.79. The van der Waals surface area contributed by atoms with Crippen LogP contribution in [0.5, 0.6) is 0 Å². The lowest BCUT2D eigenvalue weighted by Gasteiger charge is -2.08. The molecule has 0 spiro atoms. The van der Waals surface area contributed by atoms with Crippen LogP contribution in [-0.4, -0.2) is 27.0 Å². The molecule has 0 atom stereocenters. The maximum Gasteiger partial charge on any atom is 0.278 e. The van der Waals surface area contributed by atoms with E-state index in [-0.39, 0.29) is 15.6 Å². The number of halogens is 1. The van der Waals surface area contributed by atoms with E-state index in [1.54, 1.807) is 0 Å². The van der Waals surface area contributed by atoms with Crippen molar-refractivity contribution in [1.82, 2.24) is 10.2 Å². The summed E-state index contributed by atoms with van der Waals surface area (Å²) >= 11 is 0. The van der Waals surface area contributed by atoms with E-state index in [2.05, 4.69) is 14.9 Å². The third kappa shape index (κ3) is 3.11. The van der Waals surface area contributed by atoms with Crippen molar-refractivity contribution in [2.45, 2.75) is 16.8 Å². The zero-order valence-corrected chi connectivity index (χ0v) is 12.6. The van der Waals surface area contributed by atoms with Crippen LogP contribution in [-0.2, 0) is 19.1 Å². The quantitative estimate of drug-likeness (QED) is 0.822. The Balaban J connectivity index is 2.35. The number of nitrogens with one attached hydrogen (secondary N) is 2. The predicted molar refractivity (Wildman–Crippen MR) is 73.6 cm³/mol. The molecule has 0 aliphatic carbocycles. The molecule has 0 unspecified atom stereocenters. The maximum absolute atomic E-state index is 11.9. The smallest absolute Gasteiger partial charge is 0.278 e. The molecule has 0 saturated carbocycles. The van der Waals surface area contributed by atoms with E-state index in [0.717, 1.165) is 0 Å². The van der Waals surface area contributed by atoms with Gasteiger partial charge in [0.25, 0.3) is 19.1 Å². The van der Waals surface area contributed by atoms with Gasteiger partial charge in [-0.3, -0.25) is 9.82 Å². The molecule has 1 aromatic carbocycles. The number of rotatable bonds is 4. The number of anilines is 1. The molecular weight excluding hydrogens is 326 g/mol. The summed E-state index contributed by atoms with van der Waals surface area (Å²) in [5.41, 5.74) is 0.561. The first kappa shape index (κ1) is 14.8. The number of hydrogen-bond acceptors (Lipinski definition) is 5. The second kappa shape index (κ2) is 5.08. The minimum atomic E-state index is -3.86. The van der Waals surface area contributed by atoms with E-state index in [9.17, 15) is 16.8 Å². The Morgan fingerprint density at radius 1 is 1.20 bits per heavy atom. The summed E-state index contributed by atoms with van der Waals surface area (Å²) < 4.78 is 48.7. The number of sulfonamides is 1. The number of aromatic nitrogens is 2. The third-order valence-corrected chi connectivity index (χ3v) is 5.25. The van der Waals surface area contributed by atoms with Crippen LogP contribution < -0.4 is 4.72 Å². The van der Waals surface area contributed by atoms with Crippen LogP contribution >= 0.6 is 10.7 Å². The van der Waals surface area contributed by atoms with Gasteiger partial charge in [0.15, 0.2) is 5.03 Å². The Morgan fingerprint density at radius 2 is 1.90 bits per heavy atom. The first-order chi connectivity index (χ1) is 9.20. The molecule has 2 rings (SSSR count). The van der Waals surface area contributed by atoms with Gasteiger partial charge in [0.05, 0.1) is 11.1 Å². The molecule has 0 bridgehead atoms. The molecule has 0 saturated heterocycles. The van der Waals surface area contributed by atoms with E-state index >= 15 is 0 Å². The van der Waals surface area contributed by atoms with Crippen LogP contribution in [0.25, 0.3) is 0 Å². The third-order valence-electron chi connectivity index (χ3n) is 2.45. The topological polar surface area (TPSA) is 109 Å². The summed E-state index contributed by atoms with van der Waals surface area (Å²) in [6, 6.07) is 5.23.